The van der Waals surface area contributed by atoms with Crippen molar-refractivity contribution in [2.75, 3.05) is 7.11 Å². The number of alkyl halides is 3. The molecule has 0 unspecified atom stereocenters. The summed E-state index contributed by atoms with van der Waals surface area (Å²) in [5, 5.41) is 13.1. The quantitative estimate of drug-likeness (QED) is 0.642. The normalized spacial score (nSPS) is 11.5. The molecule has 0 saturated carbocycles. The molecule has 0 aliphatic carbocycles. The number of halogens is 3. The second-order valence-corrected chi connectivity index (χ2v) is 5.09. The highest BCUT2D eigenvalue weighted by Crippen LogP contribution is 2.29. The van der Waals surface area contributed by atoms with Crippen LogP contribution in [0.4, 0.5) is 13.2 Å². The fraction of sp³-hybridized carbons (Fsp3) is 0.176. The Balaban J connectivity index is 1.99. The standard InChI is InChI=1S/C17H15F3N2O3/c1-25-15-9-14(23)6-5-12(15)10-21-22-16(24)8-11-3-2-4-13(7-11)17(18,19)20/h2-7,9-10,23H,8H2,1H3,(H,22,24). The van der Waals surface area contributed by atoms with Gasteiger partial charge >= 0.3 is 6.18 Å². The number of nitrogens with zero attached hydrogens (tertiary/aromatic N) is 1. The van der Waals surface area contributed by atoms with Gasteiger partial charge < -0.3 is 9.84 Å². The zero-order valence-electron chi connectivity index (χ0n) is 13.2. The van der Waals surface area contributed by atoms with Gasteiger partial charge in [-0.2, -0.15) is 18.3 Å². The topological polar surface area (TPSA) is 70.9 Å². The van der Waals surface area contributed by atoms with Crippen molar-refractivity contribution in [2.45, 2.75) is 12.6 Å². The van der Waals surface area contributed by atoms with Gasteiger partial charge in [0.05, 0.1) is 25.3 Å². The van der Waals surface area contributed by atoms with Crippen molar-refractivity contribution in [2.24, 2.45) is 5.10 Å². The SMILES string of the molecule is COc1cc(O)ccc1C=NNC(=O)Cc1cccc(C(F)(F)F)c1. The maximum Gasteiger partial charge on any atom is 0.416 e. The molecule has 0 bridgehead atoms. The molecule has 8 heteroatoms. The maximum absolute atomic E-state index is 12.6. The Kier molecular flexibility index (Phi) is 5.63. The molecule has 0 radical (unpaired) electrons. The molecule has 2 aromatic rings. The summed E-state index contributed by atoms with van der Waals surface area (Å²) in [6.45, 7) is 0. The molecule has 0 atom stereocenters. The maximum atomic E-state index is 12.6. The lowest BCUT2D eigenvalue weighted by Crippen LogP contribution is -2.20. The van der Waals surface area contributed by atoms with Crippen molar-refractivity contribution in [3.05, 3.63) is 59.2 Å². The number of phenols is 1. The second kappa shape index (κ2) is 7.69. The van der Waals surface area contributed by atoms with Crippen LogP contribution in [0.1, 0.15) is 16.7 Å². The van der Waals surface area contributed by atoms with Gasteiger partial charge in [0.15, 0.2) is 0 Å². The minimum absolute atomic E-state index is 0.0163. The van der Waals surface area contributed by atoms with Crippen LogP contribution in [-0.2, 0) is 17.4 Å². The molecule has 0 spiro atoms. The molecule has 0 aromatic heterocycles. The van der Waals surface area contributed by atoms with E-state index in [4.69, 9.17) is 4.74 Å². The number of carbonyl (C=O) groups excluding carboxylic acids is 1. The molecule has 2 rings (SSSR count). The summed E-state index contributed by atoms with van der Waals surface area (Å²) in [5.41, 5.74) is 2.17. The number of ether oxygens (including phenoxy) is 1. The van der Waals surface area contributed by atoms with Crippen LogP contribution in [0.15, 0.2) is 47.6 Å². The lowest BCUT2D eigenvalue weighted by Gasteiger charge is -2.08. The van der Waals surface area contributed by atoms with Crippen molar-refractivity contribution in [3.63, 3.8) is 0 Å². The molecular weight excluding hydrogens is 337 g/mol. The fourth-order valence-electron chi connectivity index (χ4n) is 2.06. The Morgan fingerprint density at radius 1 is 1.28 bits per heavy atom. The smallest absolute Gasteiger partial charge is 0.416 e. The molecule has 2 N–H and O–H groups in total. The Labute approximate surface area is 141 Å². The first-order valence-corrected chi connectivity index (χ1v) is 7.14. The van der Waals surface area contributed by atoms with E-state index in [1.165, 1.54) is 43.7 Å². The van der Waals surface area contributed by atoms with Crippen LogP contribution in [0, 0.1) is 0 Å². The Morgan fingerprint density at radius 2 is 2.04 bits per heavy atom. The number of methoxy groups -OCH3 is 1. The Bertz CT molecular complexity index is 789. The van der Waals surface area contributed by atoms with E-state index in [0.717, 1.165) is 12.1 Å². The van der Waals surface area contributed by atoms with Gasteiger partial charge in [0.2, 0.25) is 5.91 Å². The van der Waals surface area contributed by atoms with E-state index in [-0.39, 0.29) is 17.7 Å². The van der Waals surface area contributed by atoms with Gasteiger partial charge in [0.1, 0.15) is 11.5 Å². The number of hydrazone groups is 1. The zero-order valence-corrected chi connectivity index (χ0v) is 13.2. The highest BCUT2D eigenvalue weighted by Gasteiger charge is 2.30. The van der Waals surface area contributed by atoms with Gasteiger partial charge in [-0.3, -0.25) is 4.79 Å². The molecule has 0 aliphatic rings. The zero-order chi connectivity index (χ0) is 18.4. The van der Waals surface area contributed by atoms with Crippen LogP contribution in [0.25, 0.3) is 0 Å². The summed E-state index contributed by atoms with van der Waals surface area (Å²) in [5.74, 6) is -0.188. The molecule has 1 amide bonds. The van der Waals surface area contributed by atoms with E-state index in [0.29, 0.717) is 11.3 Å². The third kappa shape index (κ3) is 5.23. The number of phenolic OH excluding ortho intramolecular Hbond substituents is 1. The molecule has 0 fully saturated rings. The number of nitrogens with one attached hydrogen (secondary N) is 1. The molecule has 0 aliphatic heterocycles. The van der Waals surface area contributed by atoms with Gasteiger partial charge in [0.25, 0.3) is 0 Å². The van der Waals surface area contributed by atoms with Gasteiger partial charge in [-0.1, -0.05) is 18.2 Å². The number of aromatic hydroxyl groups is 1. The molecule has 0 saturated heterocycles. The van der Waals surface area contributed by atoms with E-state index in [1.54, 1.807) is 0 Å². The number of amides is 1. The minimum Gasteiger partial charge on any atom is -0.508 e. The first kappa shape index (κ1) is 18.3. The average Bonchev–Trinajstić information content (AvgIpc) is 2.55. The highest BCUT2D eigenvalue weighted by atomic mass is 19.4. The fourth-order valence-corrected chi connectivity index (χ4v) is 2.06. The third-order valence-corrected chi connectivity index (χ3v) is 3.23. The van der Waals surface area contributed by atoms with Gasteiger partial charge in [0, 0.05) is 11.6 Å². The highest BCUT2D eigenvalue weighted by molar-refractivity contribution is 5.86. The summed E-state index contributed by atoms with van der Waals surface area (Å²) in [7, 11) is 1.42. The van der Waals surface area contributed by atoms with Crippen LogP contribution in [0.2, 0.25) is 0 Å². The number of benzene rings is 2. The second-order valence-electron chi connectivity index (χ2n) is 5.09. The molecule has 25 heavy (non-hydrogen) atoms. The van der Waals surface area contributed by atoms with E-state index >= 15 is 0 Å². The van der Waals surface area contributed by atoms with Crippen molar-refractivity contribution < 1.29 is 27.8 Å². The van der Waals surface area contributed by atoms with Crippen molar-refractivity contribution in [3.8, 4) is 11.5 Å². The van der Waals surface area contributed by atoms with Gasteiger partial charge in [-0.05, 0) is 23.8 Å². The van der Waals surface area contributed by atoms with Crippen LogP contribution >= 0.6 is 0 Å². The van der Waals surface area contributed by atoms with Crippen LogP contribution in [-0.4, -0.2) is 24.3 Å². The number of hydrogen-bond donors (Lipinski definition) is 2. The van der Waals surface area contributed by atoms with Crippen LogP contribution in [0.3, 0.4) is 0 Å². The summed E-state index contributed by atoms with van der Waals surface area (Å²) in [6, 6.07) is 8.89. The monoisotopic (exact) mass is 352 g/mol. The van der Waals surface area contributed by atoms with Crippen molar-refractivity contribution in [1.29, 1.82) is 0 Å². The first-order valence-electron chi connectivity index (χ1n) is 7.14. The summed E-state index contributed by atoms with van der Waals surface area (Å²) in [4.78, 5) is 11.8. The molecule has 5 nitrogen and oxygen atoms in total. The first-order chi connectivity index (χ1) is 11.8. The predicted octanol–water partition coefficient (Wildman–Crippen LogP) is 3.11. The van der Waals surface area contributed by atoms with Crippen molar-refractivity contribution in [1.82, 2.24) is 5.43 Å². The van der Waals surface area contributed by atoms with Gasteiger partial charge in [-0.15, -0.1) is 0 Å². The average molecular weight is 352 g/mol. The molecule has 132 valence electrons. The lowest BCUT2D eigenvalue weighted by molar-refractivity contribution is -0.137. The lowest BCUT2D eigenvalue weighted by atomic mass is 10.1. The van der Waals surface area contributed by atoms with E-state index in [2.05, 4.69) is 10.5 Å². The Hall–Kier alpha value is -3.03. The van der Waals surface area contributed by atoms with Crippen LogP contribution < -0.4 is 10.2 Å². The number of carbonyl (C=O) groups is 1. The Morgan fingerprint density at radius 3 is 2.72 bits per heavy atom. The van der Waals surface area contributed by atoms with Gasteiger partial charge in [-0.25, -0.2) is 5.43 Å². The van der Waals surface area contributed by atoms with Crippen molar-refractivity contribution >= 4 is 12.1 Å². The molecular formula is C17H15F3N2O3. The number of rotatable bonds is 5. The van der Waals surface area contributed by atoms with E-state index < -0.39 is 17.6 Å². The molecule has 0 heterocycles. The summed E-state index contributed by atoms with van der Waals surface area (Å²) >= 11 is 0. The van der Waals surface area contributed by atoms with E-state index in [9.17, 15) is 23.1 Å². The third-order valence-electron chi connectivity index (χ3n) is 3.23. The van der Waals surface area contributed by atoms with E-state index in [1.807, 2.05) is 0 Å². The summed E-state index contributed by atoms with van der Waals surface area (Å²) in [6.07, 6.45) is -3.39. The molecule has 2 aromatic carbocycles. The summed E-state index contributed by atoms with van der Waals surface area (Å²) < 4.78 is 43.0. The number of hydrogen-bond acceptors (Lipinski definition) is 4. The van der Waals surface area contributed by atoms with Crippen LogP contribution in [0.5, 0.6) is 11.5 Å². The minimum atomic E-state index is -4.46. The largest absolute Gasteiger partial charge is 0.508 e. The predicted molar refractivity (Wildman–Crippen MR) is 85.5 cm³/mol.